The lowest BCUT2D eigenvalue weighted by atomic mass is 10.1. The van der Waals surface area contributed by atoms with Gasteiger partial charge in [-0.3, -0.25) is 0 Å². The number of ether oxygens (including phenoxy) is 2. The Hall–Kier alpha value is -2.07. The lowest BCUT2D eigenvalue weighted by molar-refractivity contribution is 0.280. The fourth-order valence-corrected chi connectivity index (χ4v) is 3.56. The highest BCUT2D eigenvalue weighted by atomic mass is 35.5. The normalized spacial score (nSPS) is 10.5. The molecule has 0 aliphatic rings. The van der Waals surface area contributed by atoms with Gasteiger partial charge in [0.05, 0.1) is 12.1 Å². The van der Waals surface area contributed by atoms with Gasteiger partial charge in [-0.05, 0) is 28.6 Å². The van der Waals surface area contributed by atoms with Crippen LogP contribution in [0.3, 0.4) is 0 Å². The number of nitrogens with zero attached hydrogens (tertiary/aromatic N) is 4. The highest BCUT2D eigenvalue weighted by molar-refractivity contribution is 7.99. The molecule has 0 spiro atoms. The van der Waals surface area contributed by atoms with E-state index in [1.165, 1.54) is 12.1 Å². The number of thioether (sulfide) groups is 1. The quantitative estimate of drug-likeness (QED) is 0.353. The summed E-state index contributed by atoms with van der Waals surface area (Å²) in [7, 11) is 3.40. The first-order valence-corrected chi connectivity index (χ1v) is 10.2. The van der Waals surface area contributed by atoms with Crippen molar-refractivity contribution in [2.75, 3.05) is 19.4 Å². The highest BCUT2D eigenvalue weighted by Gasteiger charge is 2.12. The molecule has 1 aromatic heterocycles. The summed E-state index contributed by atoms with van der Waals surface area (Å²) in [5, 5.41) is 15.8. The summed E-state index contributed by atoms with van der Waals surface area (Å²) < 4.78 is 26.3. The molecule has 0 bridgehead atoms. The van der Waals surface area contributed by atoms with Crippen LogP contribution in [0, 0.1) is 5.82 Å². The maximum Gasteiger partial charge on any atom is 0.209 e. The van der Waals surface area contributed by atoms with Gasteiger partial charge >= 0.3 is 0 Å². The predicted molar refractivity (Wildman–Crippen MR) is 117 cm³/mol. The third kappa shape index (κ3) is 6.46. The Kier molecular flexibility index (Phi) is 9.64. The number of aromatic nitrogens is 4. The molecule has 3 aromatic rings. The fourth-order valence-electron chi connectivity index (χ4n) is 2.59. The van der Waals surface area contributed by atoms with E-state index in [4.69, 9.17) is 21.1 Å². The van der Waals surface area contributed by atoms with Gasteiger partial charge in [0, 0.05) is 37.0 Å². The van der Waals surface area contributed by atoms with Crippen LogP contribution >= 0.6 is 35.8 Å². The van der Waals surface area contributed by atoms with Gasteiger partial charge in [0.15, 0.2) is 11.5 Å². The second kappa shape index (κ2) is 11.9. The lowest BCUT2D eigenvalue weighted by Gasteiger charge is -2.16. The molecule has 0 aliphatic carbocycles. The van der Waals surface area contributed by atoms with Gasteiger partial charge in [0.2, 0.25) is 5.16 Å². The van der Waals surface area contributed by atoms with E-state index >= 15 is 0 Å². The molecule has 3 rings (SSSR count). The molecule has 11 heteroatoms. The number of methoxy groups -OCH3 is 1. The number of hydrogen-bond donors (Lipinski definition) is 1. The van der Waals surface area contributed by atoms with Gasteiger partial charge in [-0.2, -0.15) is 0 Å². The molecule has 0 fully saturated rings. The van der Waals surface area contributed by atoms with Crippen LogP contribution in [-0.2, 0) is 20.2 Å². The van der Waals surface area contributed by atoms with E-state index in [1.807, 2.05) is 25.2 Å². The topological polar surface area (TPSA) is 74.1 Å². The minimum Gasteiger partial charge on any atom is -0.493 e. The molecule has 0 saturated carbocycles. The fraction of sp³-hybridized carbons (Fsp3) is 0.316. The summed E-state index contributed by atoms with van der Waals surface area (Å²) in [5.74, 6) is 1.70. The molecule has 162 valence electrons. The molecule has 30 heavy (non-hydrogen) atoms. The summed E-state index contributed by atoms with van der Waals surface area (Å²) in [6, 6.07) is 9.96. The van der Waals surface area contributed by atoms with Crippen molar-refractivity contribution in [3.05, 3.63) is 58.4 Å². The number of hydrogen-bond acceptors (Lipinski definition) is 7. The molecular weight excluding hydrogens is 452 g/mol. The Morgan fingerprint density at radius 3 is 2.77 bits per heavy atom. The molecule has 0 radical (unpaired) electrons. The van der Waals surface area contributed by atoms with Crippen molar-refractivity contribution >= 4 is 35.8 Å². The van der Waals surface area contributed by atoms with Crippen LogP contribution in [0.5, 0.6) is 11.5 Å². The zero-order valence-electron chi connectivity index (χ0n) is 16.5. The maximum absolute atomic E-state index is 13.2. The molecule has 0 unspecified atom stereocenters. The van der Waals surface area contributed by atoms with Crippen molar-refractivity contribution in [2.24, 2.45) is 7.05 Å². The van der Waals surface area contributed by atoms with Crippen LogP contribution in [0.25, 0.3) is 0 Å². The molecule has 0 atom stereocenters. The Morgan fingerprint density at radius 2 is 2.07 bits per heavy atom. The first kappa shape index (κ1) is 24.2. The number of halogens is 3. The predicted octanol–water partition coefficient (Wildman–Crippen LogP) is 3.89. The lowest BCUT2D eigenvalue weighted by Crippen LogP contribution is -2.17. The Labute approximate surface area is 189 Å². The van der Waals surface area contributed by atoms with Gasteiger partial charge in [-0.1, -0.05) is 41.6 Å². The zero-order valence-corrected chi connectivity index (χ0v) is 18.9. The average molecular weight is 474 g/mol. The largest absolute Gasteiger partial charge is 0.493 e. The van der Waals surface area contributed by atoms with E-state index in [0.717, 1.165) is 23.0 Å². The Bertz CT molecular complexity index is 960. The Morgan fingerprint density at radius 1 is 1.23 bits per heavy atom. The number of benzene rings is 2. The smallest absolute Gasteiger partial charge is 0.209 e. The van der Waals surface area contributed by atoms with Crippen LogP contribution in [-0.4, -0.2) is 39.6 Å². The van der Waals surface area contributed by atoms with Gasteiger partial charge in [0.1, 0.15) is 12.4 Å². The van der Waals surface area contributed by atoms with Crippen molar-refractivity contribution in [3.63, 3.8) is 0 Å². The molecule has 1 N–H and O–H groups in total. The number of rotatable bonds is 10. The first-order valence-electron chi connectivity index (χ1n) is 8.87. The first-order chi connectivity index (χ1) is 14.1. The molecule has 0 saturated heterocycles. The third-order valence-corrected chi connectivity index (χ3v) is 5.44. The summed E-state index contributed by atoms with van der Waals surface area (Å²) in [4.78, 5) is 0. The number of nitrogens with one attached hydrogen (secondary N) is 1. The summed E-state index contributed by atoms with van der Waals surface area (Å²) in [5.41, 5.74) is 1.65. The summed E-state index contributed by atoms with van der Waals surface area (Å²) in [6.45, 7) is 1.57. The van der Waals surface area contributed by atoms with Gasteiger partial charge in [-0.15, -0.1) is 17.5 Å². The summed E-state index contributed by atoms with van der Waals surface area (Å²) >= 11 is 7.67. The van der Waals surface area contributed by atoms with Gasteiger partial charge in [0.25, 0.3) is 0 Å². The summed E-state index contributed by atoms with van der Waals surface area (Å²) in [6.07, 6.45) is 0. The van der Waals surface area contributed by atoms with Gasteiger partial charge < -0.3 is 14.8 Å². The van der Waals surface area contributed by atoms with Crippen molar-refractivity contribution in [1.82, 2.24) is 25.5 Å². The van der Waals surface area contributed by atoms with Gasteiger partial charge in [-0.25, -0.2) is 9.07 Å². The van der Waals surface area contributed by atoms with E-state index < -0.39 is 0 Å². The number of aryl methyl sites for hydroxylation is 1. The van der Waals surface area contributed by atoms with E-state index in [0.29, 0.717) is 28.6 Å². The van der Waals surface area contributed by atoms with E-state index in [2.05, 4.69) is 20.8 Å². The SMILES string of the molecule is COc1cccc(CNCCSc2nnnn2C)c1OCc1ccc(F)cc1Cl.Cl. The molecule has 1 heterocycles. The van der Waals surface area contributed by atoms with Crippen molar-refractivity contribution in [1.29, 1.82) is 0 Å². The molecule has 7 nitrogen and oxygen atoms in total. The Balaban J connectivity index is 0.00000320. The average Bonchev–Trinajstić information content (AvgIpc) is 3.12. The van der Waals surface area contributed by atoms with Crippen LogP contribution < -0.4 is 14.8 Å². The molecule has 2 aromatic carbocycles. The van der Waals surface area contributed by atoms with Crippen LogP contribution in [0.15, 0.2) is 41.6 Å². The molecular formula is C19H22Cl2FN5O2S. The standard InChI is InChI=1S/C19H21ClFN5O2S.ClH/c1-26-19(23-24-25-26)29-9-8-22-11-13-4-3-5-17(27-2)18(13)28-12-14-6-7-15(21)10-16(14)20;/h3-7,10,22H,8-9,11-12H2,1-2H3;1H. The molecule has 0 amide bonds. The van der Waals surface area contributed by atoms with Crippen LogP contribution in [0.2, 0.25) is 5.02 Å². The van der Waals surface area contributed by atoms with Crippen LogP contribution in [0.1, 0.15) is 11.1 Å². The van der Waals surface area contributed by atoms with Crippen molar-refractivity contribution < 1.29 is 13.9 Å². The second-order valence-electron chi connectivity index (χ2n) is 6.08. The van der Waals surface area contributed by atoms with Crippen molar-refractivity contribution in [2.45, 2.75) is 18.3 Å². The third-order valence-electron chi connectivity index (χ3n) is 4.07. The van der Waals surface area contributed by atoms with E-state index in [1.54, 1.807) is 29.6 Å². The van der Waals surface area contributed by atoms with Crippen molar-refractivity contribution in [3.8, 4) is 11.5 Å². The highest BCUT2D eigenvalue weighted by Crippen LogP contribution is 2.32. The monoisotopic (exact) mass is 473 g/mol. The number of tetrazole rings is 1. The zero-order chi connectivity index (χ0) is 20.6. The van der Waals surface area contributed by atoms with E-state index in [-0.39, 0.29) is 24.8 Å². The minimum absolute atomic E-state index is 0. The maximum atomic E-state index is 13.2. The minimum atomic E-state index is -0.379. The van der Waals surface area contributed by atoms with Crippen LogP contribution in [0.4, 0.5) is 4.39 Å². The van der Waals surface area contributed by atoms with E-state index in [9.17, 15) is 4.39 Å². The number of para-hydroxylation sites is 1. The molecule has 0 aliphatic heterocycles. The second-order valence-corrected chi connectivity index (χ2v) is 7.55.